The van der Waals surface area contributed by atoms with Crippen LogP contribution in [0.1, 0.15) is 25.8 Å². The summed E-state index contributed by atoms with van der Waals surface area (Å²) in [6.45, 7) is 6.80. The Hall–Kier alpha value is -4.10. The van der Waals surface area contributed by atoms with Crippen molar-refractivity contribution in [2.75, 3.05) is 16.8 Å². The van der Waals surface area contributed by atoms with Crippen LogP contribution >= 0.6 is 23.5 Å². The third-order valence-electron chi connectivity index (χ3n) is 6.95. The van der Waals surface area contributed by atoms with E-state index in [4.69, 9.17) is 0 Å². The number of allylic oxidation sites excluding steroid dienone is 1. The van der Waals surface area contributed by atoms with Crippen molar-refractivity contribution in [2.24, 2.45) is 5.41 Å². The van der Waals surface area contributed by atoms with Gasteiger partial charge in [-0.05, 0) is 55.0 Å². The summed E-state index contributed by atoms with van der Waals surface area (Å²) in [5, 5.41) is 24.2. The average Bonchev–Trinajstić information content (AvgIpc) is 2.96. The highest BCUT2D eigenvalue weighted by atomic mass is 32.2. The molecule has 0 aromatic heterocycles. The van der Waals surface area contributed by atoms with Gasteiger partial charge >= 0.3 is 0 Å². The first-order valence-corrected chi connectivity index (χ1v) is 14.8. The molecular weight excluding hydrogens is 529 g/mol. The second-order valence-corrected chi connectivity index (χ2v) is 12.4. The highest BCUT2D eigenvalue weighted by Crippen LogP contribution is 2.51. The summed E-state index contributed by atoms with van der Waals surface area (Å²) >= 11 is 3.45. The van der Waals surface area contributed by atoms with Gasteiger partial charge in [-0.2, -0.15) is 10.5 Å². The largest absolute Gasteiger partial charge is 0.383 e. The Labute approximate surface area is 245 Å². The topological polar surface area (TPSA) is 62.9 Å². The zero-order chi connectivity index (χ0) is 28.1. The molecule has 4 nitrogen and oxygen atoms in total. The first-order valence-electron chi connectivity index (χ1n) is 13.2. The Morgan fingerprint density at radius 3 is 2.02 bits per heavy atom. The van der Waals surface area contributed by atoms with E-state index in [1.165, 1.54) is 10.5 Å². The summed E-state index contributed by atoms with van der Waals surface area (Å²) in [6.07, 6.45) is 0.124. The van der Waals surface area contributed by atoms with Crippen molar-refractivity contribution in [3.8, 4) is 12.1 Å². The molecular formula is C34H30N4S2. The lowest BCUT2D eigenvalue weighted by molar-refractivity contribution is 0.483. The summed E-state index contributed by atoms with van der Waals surface area (Å²) in [6, 6.07) is 37.9. The van der Waals surface area contributed by atoms with Crippen molar-refractivity contribution in [1.82, 2.24) is 0 Å². The van der Waals surface area contributed by atoms with Gasteiger partial charge in [0, 0.05) is 37.2 Å². The molecule has 0 fully saturated rings. The van der Waals surface area contributed by atoms with E-state index in [2.05, 4.69) is 104 Å². The molecule has 0 atom stereocenters. The fraction of sp³-hybridized carbons (Fsp3) is 0.176. The van der Waals surface area contributed by atoms with Gasteiger partial charge in [-0.15, -0.1) is 0 Å². The van der Waals surface area contributed by atoms with E-state index in [1.54, 1.807) is 23.5 Å². The third kappa shape index (κ3) is 5.61. The molecule has 0 unspecified atom stereocenters. The molecule has 1 aliphatic rings. The van der Waals surface area contributed by atoms with E-state index in [0.717, 1.165) is 37.4 Å². The Bertz CT molecular complexity index is 1610. The highest BCUT2D eigenvalue weighted by Gasteiger charge is 2.33. The van der Waals surface area contributed by atoms with Gasteiger partial charge in [-0.3, -0.25) is 0 Å². The van der Waals surface area contributed by atoms with Gasteiger partial charge in [0.1, 0.15) is 0 Å². The Morgan fingerprint density at radius 1 is 0.825 bits per heavy atom. The monoisotopic (exact) mass is 558 g/mol. The first-order chi connectivity index (χ1) is 19.4. The van der Waals surface area contributed by atoms with Crippen LogP contribution in [0.4, 0.5) is 17.1 Å². The zero-order valence-electron chi connectivity index (χ0n) is 22.8. The van der Waals surface area contributed by atoms with Crippen molar-refractivity contribution in [1.29, 1.82) is 10.5 Å². The maximum absolute atomic E-state index is 10.6. The molecule has 1 N–H and O–H groups in total. The molecule has 0 spiro atoms. The SMILES string of the molecule is Cc1ccccc1Sc1ccccc1NCC(C)(C)/C(C#N)=C(\CC#N)N1c2ccccc2Sc2ccccc21. The van der Waals surface area contributed by atoms with Crippen molar-refractivity contribution >= 4 is 40.6 Å². The molecule has 5 rings (SSSR count). The lowest BCUT2D eigenvalue weighted by Crippen LogP contribution is -2.30. The Kier molecular flexibility index (Phi) is 8.21. The molecule has 4 aromatic rings. The molecule has 1 heterocycles. The lowest BCUT2D eigenvalue weighted by atomic mass is 9.82. The summed E-state index contributed by atoms with van der Waals surface area (Å²) in [7, 11) is 0. The van der Waals surface area contributed by atoms with E-state index in [0.29, 0.717) is 12.1 Å². The maximum atomic E-state index is 10.6. The minimum atomic E-state index is -0.560. The first kappa shape index (κ1) is 27.5. The number of anilines is 3. The molecule has 0 amide bonds. The van der Waals surface area contributed by atoms with E-state index in [1.807, 2.05) is 36.4 Å². The fourth-order valence-electron chi connectivity index (χ4n) is 4.85. The van der Waals surface area contributed by atoms with Crippen LogP contribution in [-0.4, -0.2) is 6.54 Å². The van der Waals surface area contributed by atoms with Crippen molar-refractivity contribution in [3.05, 3.63) is 114 Å². The fourth-order valence-corrected chi connectivity index (χ4v) is 6.92. The van der Waals surface area contributed by atoms with Crippen LogP contribution in [0, 0.1) is 35.0 Å². The quantitative estimate of drug-likeness (QED) is 0.217. The number of para-hydroxylation sites is 3. The Morgan fingerprint density at radius 2 is 1.40 bits per heavy atom. The second kappa shape index (κ2) is 12.0. The van der Waals surface area contributed by atoms with E-state index < -0.39 is 5.41 Å². The third-order valence-corrected chi connectivity index (χ3v) is 9.33. The standard InChI is InChI=1S/C34H30N4S2/c1-24-12-4-8-16-30(24)39-31-17-9-5-13-26(31)37-23-34(2,3)25(22-36)27(20-21-35)38-28-14-6-10-18-32(28)40-33-19-11-7-15-29(33)38/h4-19,37H,20,23H2,1-3H3/b27-25+. The van der Waals surface area contributed by atoms with Crippen molar-refractivity contribution in [2.45, 2.75) is 46.8 Å². The van der Waals surface area contributed by atoms with Crippen LogP contribution in [-0.2, 0) is 0 Å². The average molecular weight is 559 g/mol. The van der Waals surface area contributed by atoms with Gasteiger partial charge in [0.25, 0.3) is 0 Å². The normalized spacial score (nSPS) is 12.9. The smallest absolute Gasteiger partial charge is 0.0972 e. The molecule has 6 heteroatoms. The van der Waals surface area contributed by atoms with Crippen LogP contribution in [0.5, 0.6) is 0 Å². The number of nitrogens with zero attached hydrogens (tertiary/aromatic N) is 3. The summed E-state index contributed by atoms with van der Waals surface area (Å²) in [4.78, 5) is 6.67. The number of aryl methyl sites for hydroxylation is 1. The number of benzene rings is 4. The minimum absolute atomic E-state index is 0.124. The van der Waals surface area contributed by atoms with Gasteiger partial charge < -0.3 is 10.2 Å². The van der Waals surface area contributed by atoms with Gasteiger partial charge in [-0.25, -0.2) is 0 Å². The van der Waals surface area contributed by atoms with Crippen LogP contribution in [0.15, 0.2) is 128 Å². The van der Waals surface area contributed by atoms with Crippen molar-refractivity contribution in [3.63, 3.8) is 0 Å². The van der Waals surface area contributed by atoms with Crippen LogP contribution in [0.2, 0.25) is 0 Å². The number of rotatable bonds is 8. The molecule has 0 aliphatic carbocycles. The molecule has 4 aromatic carbocycles. The molecule has 40 heavy (non-hydrogen) atoms. The van der Waals surface area contributed by atoms with Gasteiger partial charge in [-0.1, -0.05) is 92.0 Å². The van der Waals surface area contributed by atoms with E-state index in [9.17, 15) is 10.5 Å². The number of fused-ring (bicyclic) bond motifs is 2. The molecule has 0 saturated carbocycles. The molecule has 0 radical (unpaired) electrons. The van der Waals surface area contributed by atoms with Gasteiger partial charge in [0.2, 0.25) is 0 Å². The van der Waals surface area contributed by atoms with E-state index >= 15 is 0 Å². The lowest BCUT2D eigenvalue weighted by Gasteiger charge is -2.37. The summed E-state index contributed by atoms with van der Waals surface area (Å²) in [5.41, 5.74) is 5.00. The predicted molar refractivity (Wildman–Crippen MR) is 166 cm³/mol. The predicted octanol–water partition coefficient (Wildman–Crippen LogP) is 9.58. The van der Waals surface area contributed by atoms with Gasteiger partial charge in [0.15, 0.2) is 0 Å². The maximum Gasteiger partial charge on any atom is 0.0972 e. The number of hydrogen-bond donors (Lipinski definition) is 1. The molecule has 0 bridgehead atoms. The number of nitriles is 2. The molecule has 0 saturated heterocycles. The van der Waals surface area contributed by atoms with E-state index in [-0.39, 0.29) is 6.42 Å². The minimum Gasteiger partial charge on any atom is -0.383 e. The van der Waals surface area contributed by atoms with Crippen LogP contribution < -0.4 is 10.2 Å². The Balaban J connectivity index is 1.51. The zero-order valence-corrected chi connectivity index (χ0v) is 24.4. The summed E-state index contributed by atoms with van der Waals surface area (Å²) < 4.78 is 0. The van der Waals surface area contributed by atoms with Crippen LogP contribution in [0.25, 0.3) is 0 Å². The molecule has 198 valence electrons. The number of nitrogens with one attached hydrogen (secondary N) is 1. The van der Waals surface area contributed by atoms with Gasteiger partial charge in [0.05, 0.1) is 41.2 Å². The number of hydrogen-bond acceptors (Lipinski definition) is 6. The second-order valence-electron chi connectivity index (χ2n) is 10.2. The molecule has 1 aliphatic heterocycles. The van der Waals surface area contributed by atoms with Crippen LogP contribution in [0.3, 0.4) is 0 Å². The highest BCUT2D eigenvalue weighted by molar-refractivity contribution is 8.00. The summed E-state index contributed by atoms with van der Waals surface area (Å²) in [5.74, 6) is 0. The van der Waals surface area contributed by atoms with Crippen molar-refractivity contribution < 1.29 is 0 Å².